The van der Waals surface area contributed by atoms with Gasteiger partial charge in [-0.25, -0.2) is 0 Å². The first-order valence-corrected chi connectivity index (χ1v) is 31.5. The van der Waals surface area contributed by atoms with E-state index in [1.807, 2.05) is 41.5 Å². The van der Waals surface area contributed by atoms with Gasteiger partial charge in [-0.05, 0) is 95.3 Å². The van der Waals surface area contributed by atoms with E-state index in [0.29, 0.717) is 0 Å². The summed E-state index contributed by atoms with van der Waals surface area (Å²) in [7, 11) is 9.69. The topological polar surface area (TPSA) is 308 Å². The molecule has 25 nitrogen and oxygen atoms in total. The van der Waals surface area contributed by atoms with Crippen molar-refractivity contribution in [2.45, 2.75) is 216 Å². The summed E-state index contributed by atoms with van der Waals surface area (Å²) in [5, 5.41) is 32.4. The van der Waals surface area contributed by atoms with E-state index < -0.39 is 162 Å². The number of ether oxygens (including phenoxy) is 1. The van der Waals surface area contributed by atoms with Gasteiger partial charge < -0.3 is 70.5 Å². The highest BCUT2D eigenvalue weighted by atomic mass is 16.5. The number of allylic oxidation sites excluding steroid dienone is 2. The van der Waals surface area contributed by atoms with Crippen LogP contribution in [0.3, 0.4) is 0 Å². The van der Waals surface area contributed by atoms with Crippen LogP contribution < -0.4 is 21.3 Å². The average Bonchev–Trinajstić information content (AvgIpc) is 0.987. The number of rotatable bonds is 18. The van der Waals surface area contributed by atoms with E-state index >= 15 is 9.59 Å². The number of amides is 11. The minimum Gasteiger partial charge on any atom is -0.392 e. The highest BCUT2D eigenvalue weighted by Crippen LogP contribution is 2.26. The molecule has 0 bridgehead atoms. The van der Waals surface area contributed by atoms with Crippen molar-refractivity contribution in [1.29, 1.82) is 0 Å². The third kappa shape index (κ3) is 23.1. The van der Waals surface area contributed by atoms with Gasteiger partial charge in [0.25, 0.3) is 0 Å². The van der Waals surface area contributed by atoms with Crippen molar-refractivity contribution in [2.75, 3.05) is 69.1 Å². The number of hydrogen-bond donors (Lipinski definition) is 6. The van der Waals surface area contributed by atoms with Gasteiger partial charge in [0.15, 0.2) is 0 Å². The molecule has 89 heavy (non-hydrogen) atoms. The summed E-state index contributed by atoms with van der Waals surface area (Å²) < 4.78 is 5.98. The Morgan fingerprint density at radius 3 is 1.46 bits per heavy atom. The summed E-state index contributed by atoms with van der Waals surface area (Å²) in [5.41, 5.74) is 0. The van der Waals surface area contributed by atoms with Gasteiger partial charge in [0.05, 0.1) is 32.0 Å². The largest absolute Gasteiger partial charge is 0.392 e. The fourth-order valence-corrected chi connectivity index (χ4v) is 10.9. The molecule has 1 rings (SSSR count). The third-order valence-electron chi connectivity index (χ3n) is 16.5. The molecule has 0 saturated carbocycles. The molecule has 6 N–H and O–H groups in total. The number of nitrogens with one attached hydrogen (secondary N) is 4. The summed E-state index contributed by atoms with van der Waals surface area (Å²) in [6.07, 6.45) is 4.55. The summed E-state index contributed by atoms with van der Waals surface area (Å²) in [6.45, 7) is 26.4. The van der Waals surface area contributed by atoms with Gasteiger partial charge in [-0.1, -0.05) is 107 Å². The maximum Gasteiger partial charge on any atom is 0.246 e. The van der Waals surface area contributed by atoms with E-state index in [2.05, 4.69) is 21.3 Å². The number of aliphatic hydroxyl groups is 2. The second-order valence-corrected chi connectivity index (χ2v) is 26.1. The number of likely N-dealkylation sites (N-methyl/N-ethyl adjacent to an activating group) is 7. The monoisotopic (exact) mass is 1260 g/mol. The quantitative estimate of drug-likeness (QED) is 0.107. The number of aliphatic hydroxyl groups excluding tert-OH is 2. The van der Waals surface area contributed by atoms with Crippen LogP contribution in [0.15, 0.2) is 24.3 Å². The first-order valence-electron chi connectivity index (χ1n) is 31.5. The molecule has 25 heteroatoms. The van der Waals surface area contributed by atoms with E-state index in [4.69, 9.17) is 4.74 Å². The maximum atomic E-state index is 15.2. The number of hydrogen-bond acceptors (Lipinski definition) is 14. The number of carbonyl (C=O) groups is 11. The second-order valence-electron chi connectivity index (χ2n) is 26.1. The van der Waals surface area contributed by atoms with Gasteiger partial charge in [-0.3, -0.25) is 52.7 Å². The van der Waals surface area contributed by atoms with Crippen LogP contribution in [0.5, 0.6) is 0 Å². The van der Waals surface area contributed by atoms with E-state index in [1.165, 1.54) is 102 Å². The van der Waals surface area contributed by atoms with Crippen LogP contribution in [0, 0.1) is 35.5 Å². The Bertz CT molecular complexity index is 2450. The lowest BCUT2D eigenvalue weighted by Crippen LogP contribution is -2.63. The number of carbonyl (C=O) groups excluding carboxylic acids is 11. The molecule has 0 aromatic heterocycles. The Kier molecular flexibility index (Phi) is 34.1. The summed E-state index contributed by atoms with van der Waals surface area (Å²) in [5.74, 6) is -10.4. The zero-order valence-electron chi connectivity index (χ0n) is 57.8. The standard InChI is InChI=1S/C64H113N11O14/c1-24-26-29-41(13)54(78)53-58(82)67-45(25-2)60(84)69(17)35-49(77)73(21)52(44(16)89-31-28-27-30-76)57(81)68-50(39(9)10)63(87)70(18)46(32-36(3)4)56(80)65-42(14)55(79)66-43(15)59(83)71(19)47(33-37(5)6)61(85)72(20)48(34-38(7)8)62(86)74(22)51(40(11)12)64(88)75(53)23/h24,26-28,36-48,50-54,76,78H,25,29-35H2,1-23H3,(H,65,80)(H,66,79)(H,67,82)(H,68,81)/b26-24+,28-27+/t41-,42+,43-,44-,45+,46+,47+,48+,50+,51-,52+,53+,54-/m1/s1. The van der Waals surface area contributed by atoms with Crippen molar-refractivity contribution in [1.82, 2.24) is 55.6 Å². The Labute approximate surface area is 530 Å². The predicted molar refractivity (Wildman–Crippen MR) is 341 cm³/mol. The molecule has 0 spiro atoms. The molecular formula is C64H113N11O14. The molecule has 1 aliphatic rings. The van der Waals surface area contributed by atoms with Crippen molar-refractivity contribution in [2.24, 2.45) is 35.5 Å². The van der Waals surface area contributed by atoms with Crippen LogP contribution in [0.4, 0.5) is 0 Å². The smallest absolute Gasteiger partial charge is 0.246 e. The van der Waals surface area contributed by atoms with Crippen LogP contribution >= 0.6 is 0 Å². The zero-order chi connectivity index (χ0) is 68.8. The molecular weight excluding hydrogens is 1150 g/mol. The summed E-state index contributed by atoms with van der Waals surface area (Å²) in [6, 6.07) is -13.0. The molecule has 508 valence electrons. The first-order chi connectivity index (χ1) is 41.3. The lowest BCUT2D eigenvalue weighted by atomic mass is 9.91. The van der Waals surface area contributed by atoms with Crippen molar-refractivity contribution in [3.63, 3.8) is 0 Å². The normalized spacial score (nSPS) is 26.6. The third-order valence-corrected chi connectivity index (χ3v) is 16.5. The molecule has 1 aliphatic heterocycles. The van der Waals surface area contributed by atoms with E-state index in [1.54, 1.807) is 60.6 Å². The molecule has 0 radical (unpaired) electrons. The fraction of sp³-hybridized carbons (Fsp3) is 0.766. The van der Waals surface area contributed by atoms with Gasteiger partial charge in [0, 0.05) is 49.3 Å². The van der Waals surface area contributed by atoms with Crippen molar-refractivity contribution >= 4 is 65.0 Å². The average molecular weight is 1260 g/mol. The van der Waals surface area contributed by atoms with Gasteiger partial charge in [-0.2, -0.15) is 0 Å². The Balaban J connectivity index is 4.39. The molecule has 0 aromatic carbocycles. The van der Waals surface area contributed by atoms with E-state index in [0.717, 1.165) is 14.7 Å². The zero-order valence-corrected chi connectivity index (χ0v) is 57.8. The molecule has 1 saturated heterocycles. The van der Waals surface area contributed by atoms with Crippen molar-refractivity contribution in [3.8, 4) is 0 Å². The minimum atomic E-state index is -1.64. The molecule has 13 atom stereocenters. The van der Waals surface area contributed by atoms with Crippen LogP contribution in [0.25, 0.3) is 0 Å². The molecule has 11 amide bonds. The summed E-state index contributed by atoms with van der Waals surface area (Å²) >= 11 is 0. The Morgan fingerprint density at radius 2 is 0.978 bits per heavy atom. The maximum absolute atomic E-state index is 15.2. The van der Waals surface area contributed by atoms with Crippen LogP contribution in [0.2, 0.25) is 0 Å². The Hall–Kier alpha value is -6.47. The van der Waals surface area contributed by atoms with Crippen LogP contribution in [-0.4, -0.2) is 251 Å². The van der Waals surface area contributed by atoms with E-state index in [9.17, 15) is 53.4 Å². The number of nitrogens with zero attached hydrogens (tertiary/aromatic N) is 7. The lowest BCUT2D eigenvalue weighted by molar-refractivity contribution is -0.157. The highest BCUT2D eigenvalue weighted by molar-refractivity contribution is 5.99. The van der Waals surface area contributed by atoms with Crippen LogP contribution in [-0.2, 0) is 57.5 Å². The SMILES string of the molecule is C/C=C/C[C@@H](C)[C@@H](O)[C@H]1C(=O)N[C@@H](CC)C(=O)N(C)CC(=O)N(C)[C@@H]([C@@H](C)OC/C=C/CO)C(=O)N[C@@H](C(C)C)C(=O)N(C)[C@@H](CC(C)C)C(=O)N[C@@H](C)C(=O)N[C@H](C)C(=O)N(C)[C@@H](CC(C)C)C(=O)N(C)[C@@H](CC(C)C)C(=O)N(C)[C@H](C(C)C)C(=O)N1C. The first kappa shape index (κ1) is 80.5. The van der Waals surface area contributed by atoms with Crippen molar-refractivity contribution < 1.29 is 67.7 Å². The Morgan fingerprint density at radius 1 is 0.506 bits per heavy atom. The molecule has 1 fully saturated rings. The lowest BCUT2D eigenvalue weighted by Gasteiger charge is -2.41. The van der Waals surface area contributed by atoms with Gasteiger partial charge in [0.1, 0.15) is 60.4 Å². The van der Waals surface area contributed by atoms with Gasteiger partial charge >= 0.3 is 0 Å². The van der Waals surface area contributed by atoms with Crippen LogP contribution in [0.1, 0.15) is 143 Å². The molecule has 0 aromatic rings. The predicted octanol–water partition coefficient (Wildman–Crippen LogP) is 2.18. The summed E-state index contributed by atoms with van der Waals surface area (Å²) in [4.78, 5) is 169. The fourth-order valence-electron chi connectivity index (χ4n) is 10.9. The molecule has 1 heterocycles. The van der Waals surface area contributed by atoms with E-state index in [-0.39, 0.29) is 63.1 Å². The minimum absolute atomic E-state index is 0.0199. The molecule has 0 aliphatic carbocycles. The molecule has 0 unspecified atom stereocenters. The van der Waals surface area contributed by atoms with Gasteiger partial charge in [-0.15, -0.1) is 0 Å². The van der Waals surface area contributed by atoms with Crippen molar-refractivity contribution in [3.05, 3.63) is 24.3 Å². The van der Waals surface area contributed by atoms with Gasteiger partial charge in [0.2, 0.25) is 65.0 Å². The second kappa shape index (κ2) is 37.6. The highest BCUT2D eigenvalue weighted by Gasteiger charge is 2.46.